The Morgan fingerprint density at radius 3 is 1.19 bits per heavy atom. The van der Waals surface area contributed by atoms with Crippen LogP contribution in [-0.2, 0) is 0 Å². The van der Waals surface area contributed by atoms with E-state index in [-0.39, 0.29) is 5.66 Å². The summed E-state index contributed by atoms with van der Waals surface area (Å²) in [6, 6.07) is 14.2. The molecular weight excluding hydrogens is 520 g/mol. The molecule has 0 aromatic heterocycles. The van der Waals surface area contributed by atoms with Crippen LogP contribution in [0.5, 0.6) is 0 Å². The molecule has 2 aromatic carbocycles. The number of unbranched alkanes of at least 4 members (excludes halogenated alkanes) is 20. The molecule has 0 fully saturated rings. The number of rotatable bonds is 26. The largest absolute Gasteiger partial charge is 0.348 e. The average Bonchev–Trinajstić information content (AvgIpc) is 3.02. The van der Waals surface area contributed by atoms with Crippen LogP contribution in [0, 0.1) is 0 Å². The minimum Gasteiger partial charge on any atom is -0.348 e. The number of hydrogen-bond acceptors (Lipinski definition) is 2. The monoisotopic (exact) mass is 591 g/mol. The molecule has 43 heavy (non-hydrogen) atoms. The summed E-state index contributed by atoms with van der Waals surface area (Å²) in [6.07, 6.45) is 33.2. The lowest BCUT2D eigenvalue weighted by molar-refractivity contribution is 0.341. The van der Waals surface area contributed by atoms with Crippen molar-refractivity contribution in [1.82, 2.24) is 0 Å². The third kappa shape index (κ3) is 11.3. The topological polar surface area (TPSA) is 6.48 Å². The van der Waals surface area contributed by atoms with Gasteiger partial charge in [-0.25, -0.2) is 0 Å². The van der Waals surface area contributed by atoms with Crippen molar-refractivity contribution in [1.29, 1.82) is 0 Å². The molecule has 0 radical (unpaired) electrons. The minimum absolute atomic E-state index is 0.0503. The molecule has 0 unspecified atom stereocenters. The molecule has 0 bridgehead atoms. The maximum atomic E-state index is 2.87. The maximum Gasteiger partial charge on any atom is 0.110 e. The quantitative estimate of drug-likeness (QED) is 0.101. The number of hydrogen-bond donors (Lipinski definition) is 0. The van der Waals surface area contributed by atoms with Crippen LogP contribution in [0.1, 0.15) is 182 Å². The summed E-state index contributed by atoms with van der Waals surface area (Å²) < 4.78 is 0. The van der Waals surface area contributed by atoms with Crippen molar-refractivity contribution in [3.63, 3.8) is 0 Å². The van der Waals surface area contributed by atoms with Crippen molar-refractivity contribution in [3.8, 4) is 0 Å². The van der Waals surface area contributed by atoms with Crippen molar-refractivity contribution in [3.05, 3.63) is 36.4 Å². The van der Waals surface area contributed by atoms with Crippen LogP contribution >= 0.6 is 0 Å². The highest BCUT2D eigenvalue weighted by atomic mass is 15.4. The van der Waals surface area contributed by atoms with Gasteiger partial charge in [-0.15, -0.1) is 0 Å². The molecule has 0 amide bonds. The van der Waals surface area contributed by atoms with Crippen molar-refractivity contribution in [2.45, 2.75) is 187 Å². The number of benzene rings is 2. The Bertz CT molecular complexity index is 922. The molecule has 244 valence electrons. The van der Waals surface area contributed by atoms with Crippen molar-refractivity contribution in [2.24, 2.45) is 0 Å². The van der Waals surface area contributed by atoms with Gasteiger partial charge < -0.3 is 9.80 Å². The molecule has 2 nitrogen and oxygen atoms in total. The van der Waals surface area contributed by atoms with Gasteiger partial charge in [0.05, 0.1) is 0 Å². The molecular formula is C41H70N2. The molecule has 0 aliphatic carbocycles. The highest BCUT2D eigenvalue weighted by Gasteiger charge is 2.42. The van der Waals surface area contributed by atoms with Crippen molar-refractivity contribution in [2.75, 3.05) is 22.9 Å². The van der Waals surface area contributed by atoms with E-state index in [1.54, 1.807) is 0 Å². The van der Waals surface area contributed by atoms with Gasteiger partial charge in [0.2, 0.25) is 0 Å². The van der Waals surface area contributed by atoms with Gasteiger partial charge in [-0.3, -0.25) is 0 Å². The lowest BCUT2D eigenvalue weighted by atomic mass is 9.90. The number of anilines is 2. The summed E-state index contributed by atoms with van der Waals surface area (Å²) in [4.78, 5) is 5.74. The van der Waals surface area contributed by atoms with Gasteiger partial charge in [-0.05, 0) is 50.1 Å². The van der Waals surface area contributed by atoms with E-state index in [4.69, 9.17) is 0 Å². The van der Waals surface area contributed by atoms with Crippen LogP contribution in [0.15, 0.2) is 36.4 Å². The van der Waals surface area contributed by atoms with Crippen LogP contribution in [-0.4, -0.2) is 18.8 Å². The van der Waals surface area contributed by atoms with Crippen LogP contribution < -0.4 is 9.80 Å². The Hall–Kier alpha value is -1.70. The second-order valence-electron chi connectivity index (χ2n) is 14.0. The van der Waals surface area contributed by atoms with Crippen LogP contribution in [0.4, 0.5) is 11.4 Å². The first-order valence-corrected chi connectivity index (χ1v) is 19.2. The van der Waals surface area contributed by atoms with E-state index in [0.717, 1.165) is 0 Å². The molecule has 0 saturated heterocycles. The Labute approximate surface area is 268 Å². The van der Waals surface area contributed by atoms with Gasteiger partial charge in [0.25, 0.3) is 0 Å². The fourth-order valence-corrected chi connectivity index (χ4v) is 7.63. The Balaban J connectivity index is 1.70. The lowest BCUT2D eigenvalue weighted by Gasteiger charge is -2.55. The molecule has 2 heteroatoms. The van der Waals surface area contributed by atoms with Gasteiger partial charge in [0.15, 0.2) is 0 Å². The zero-order chi connectivity index (χ0) is 30.6. The molecule has 1 heterocycles. The van der Waals surface area contributed by atoms with Gasteiger partial charge in [-0.2, -0.15) is 0 Å². The molecule has 0 spiro atoms. The Morgan fingerprint density at radius 1 is 0.442 bits per heavy atom. The van der Waals surface area contributed by atoms with Crippen LogP contribution in [0.2, 0.25) is 0 Å². The SMILES string of the molecule is CCCCCCCCCCCCCC1(C)N(CCCCCCCC)c2cccc3cccc(c23)N1CCCCCCCC. The van der Waals surface area contributed by atoms with Crippen molar-refractivity contribution < 1.29 is 0 Å². The molecule has 2 aromatic rings. The van der Waals surface area contributed by atoms with Gasteiger partial charge in [0, 0.05) is 29.9 Å². The summed E-state index contributed by atoms with van der Waals surface area (Å²) in [7, 11) is 0. The first kappa shape index (κ1) is 35.8. The predicted octanol–water partition coefficient (Wildman–Crippen LogP) is 13.6. The first-order chi connectivity index (χ1) is 21.2. The van der Waals surface area contributed by atoms with E-state index in [9.17, 15) is 0 Å². The second kappa shape index (κ2) is 21.1. The fraction of sp³-hybridized carbons (Fsp3) is 0.756. The van der Waals surface area contributed by atoms with Crippen molar-refractivity contribution >= 4 is 22.1 Å². The minimum atomic E-state index is 0.0503. The highest BCUT2D eigenvalue weighted by molar-refractivity contribution is 6.06. The summed E-state index contributed by atoms with van der Waals surface area (Å²) in [5.74, 6) is 0. The Morgan fingerprint density at radius 2 is 0.791 bits per heavy atom. The fourth-order valence-electron chi connectivity index (χ4n) is 7.63. The average molecular weight is 591 g/mol. The van der Waals surface area contributed by atoms with E-state index in [0.29, 0.717) is 0 Å². The normalized spacial score (nSPS) is 14.2. The summed E-state index contributed by atoms with van der Waals surface area (Å²) in [5.41, 5.74) is 3.03. The van der Waals surface area contributed by atoms with Gasteiger partial charge in [-0.1, -0.05) is 173 Å². The summed E-state index contributed by atoms with van der Waals surface area (Å²) in [6.45, 7) is 11.9. The van der Waals surface area contributed by atoms with Gasteiger partial charge in [0.1, 0.15) is 5.66 Å². The molecule has 0 N–H and O–H groups in total. The lowest BCUT2D eigenvalue weighted by Crippen LogP contribution is -2.62. The molecule has 0 atom stereocenters. The first-order valence-electron chi connectivity index (χ1n) is 19.2. The van der Waals surface area contributed by atoms with Crippen LogP contribution in [0.3, 0.4) is 0 Å². The van der Waals surface area contributed by atoms with Gasteiger partial charge >= 0.3 is 0 Å². The molecule has 1 aliphatic rings. The predicted molar refractivity (Wildman–Crippen MR) is 195 cm³/mol. The standard InChI is InChI=1S/C41H70N2/c1-5-8-11-14-17-18-19-20-21-22-25-34-41(4)42(35-26-23-15-12-9-6-2)38-32-28-30-37-31-29-33-39(40(37)38)43(41)36-27-24-16-13-10-7-3/h28-33H,5-27,34-36H2,1-4H3. The zero-order valence-electron chi connectivity index (χ0n) is 29.2. The molecule has 1 aliphatic heterocycles. The molecule has 0 saturated carbocycles. The summed E-state index contributed by atoms with van der Waals surface area (Å²) >= 11 is 0. The van der Waals surface area contributed by atoms with E-state index in [2.05, 4.69) is 73.9 Å². The van der Waals surface area contributed by atoms with E-state index < -0.39 is 0 Å². The third-order valence-electron chi connectivity index (χ3n) is 10.3. The summed E-state index contributed by atoms with van der Waals surface area (Å²) in [5, 5.41) is 2.91. The van der Waals surface area contributed by atoms with E-state index in [1.807, 2.05) is 0 Å². The third-order valence-corrected chi connectivity index (χ3v) is 10.3. The zero-order valence-corrected chi connectivity index (χ0v) is 29.2. The number of nitrogens with zero attached hydrogens (tertiary/aromatic N) is 2. The highest BCUT2D eigenvalue weighted by Crippen LogP contribution is 2.47. The van der Waals surface area contributed by atoms with Crippen LogP contribution in [0.25, 0.3) is 10.8 Å². The van der Waals surface area contributed by atoms with E-state index >= 15 is 0 Å². The Kier molecular flexibility index (Phi) is 17.6. The smallest absolute Gasteiger partial charge is 0.110 e. The second-order valence-corrected chi connectivity index (χ2v) is 14.0. The maximum absolute atomic E-state index is 2.87. The van der Waals surface area contributed by atoms with E-state index in [1.165, 1.54) is 189 Å². The molecule has 3 rings (SSSR count).